The molecule has 1 atom stereocenters. The molecule has 0 saturated heterocycles. The molecule has 0 radical (unpaired) electrons. The molecular formula is C20H23N5. The van der Waals surface area contributed by atoms with Crippen LogP contribution in [0.3, 0.4) is 0 Å². The first-order valence-electron chi connectivity index (χ1n) is 9.13. The average molecular weight is 333 g/mol. The molecule has 1 aliphatic carbocycles. The number of nitrogens with zero attached hydrogens (tertiary/aromatic N) is 4. The molecule has 1 saturated carbocycles. The Morgan fingerprint density at radius 3 is 3.04 bits per heavy atom. The fourth-order valence-corrected chi connectivity index (χ4v) is 4.08. The fraction of sp³-hybridized carbons (Fsp3) is 0.450. The number of rotatable bonds is 6. The summed E-state index contributed by atoms with van der Waals surface area (Å²) in [4.78, 5) is 11.9. The van der Waals surface area contributed by atoms with Crippen LogP contribution < -0.4 is 0 Å². The van der Waals surface area contributed by atoms with Gasteiger partial charge in [0.05, 0.1) is 17.9 Å². The topological polar surface area (TPSA) is 59.4 Å². The van der Waals surface area contributed by atoms with Gasteiger partial charge in [-0.1, -0.05) is 12.8 Å². The molecule has 0 spiro atoms. The van der Waals surface area contributed by atoms with Crippen molar-refractivity contribution in [2.24, 2.45) is 5.92 Å². The number of hydrogen-bond donors (Lipinski definition) is 1. The number of nitrogens with one attached hydrogen (secondary N) is 1. The van der Waals surface area contributed by atoms with Gasteiger partial charge in [-0.2, -0.15) is 5.10 Å². The van der Waals surface area contributed by atoms with E-state index in [9.17, 15) is 0 Å². The number of terminal acetylenes is 1. The zero-order valence-electron chi connectivity index (χ0n) is 14.4. The van der Waals surface area contributed by atoms with E-state index in [1.54, 1.807) is 6.33 Å². The van der Waals surface area contributed by atoms with Gasteiger partial charge < -0.3 is 4.98 Å². The molecule has 0 bridgehead atoms. The number of aromatic nitrogens is 5. The Bertz CT molecular complexity index is 879. The lowest BCUT2D eigenvalue weighted by atomic mass is 9.93. The Morgan fingerprint density at radius 1 is 1.32 bits per heavy atom. The molecule has 3 aromatic rings. The smallest absolute Gasteiger partial charge is 0.141 e. The average Bonchev–Trinajstić information content (AvgIpc) is 3.39. The Balaban J connectivity index is 1.63. The van der Waals surface area contributed by atoms with Gasteiger partial charge in [-0.3, -0.25) is 4.68 Å². The molecule has 3 aromatic heterocycles. The summed E-state index contributed by atoms with van der Waals surface area (Å²) in [5.41, 5.74) is 2.84. The molecule has 3 heterocycles. The Kier molecular flexibility index (Phi) is 4.51. The largest absolute Gasteiger partial charge is 0.346 e. The minimum Gasteiger partial charge on any atom is -0.346 e. The van der Waals surface area contributed by atoms with Crippen LogP contribution in [0.25, 0.3) is 22.3 Å². The summed E-state index contributed by atoms with van der Waals surface area (Å²) in [7, 11) is 0. The monoisotopic (exact) mass is 333 g/mol. The quantitative estimate of drug-likeness (QED) is 0.539. The van der Waals surface area contributed by atoms with Crippen LogP contribution in [-0.2, 0) is 0 Å². The molecule has 1 N–H and O–H groups in total. The van der Waals surface area contributed by atoms with Crippen molar-refractivity contribution >= 4 is 11.0 Å². The van der Waals surface area contributed by atoms with Gasteiger partial charge in [0.2, 0.25) is 0 Å². The molecule has 0 amide bonds. The summed E-state index contributed by atoms with van der Waals surface area (Å²) < 4.78 is 2.16. The van der Waals surface area contributed by atoms with Crippen LogP contribution in [0.4, 0.5) is 0 Å². The molecule has 128 valence electrons. The van der Waals surface area contributed by atoms with E-state index in [1.165, 1.54) is 25.7 Å². The molecule has 1 aliphatic rings. The molecular weight excluding hydrogens is 310 g/mol. The number of hydrogen-bond acceptors (Lipinski definition) is 3. The van der Waals surface area contributed by atoms with Gasteiger partial charge in [0, 0.05) is 29.8 Å². The summed E-state index contributed by atoms with van der Waals surface area (Å²) >= 11 is 0. The highest BCUT2D eigenvalue weighted by Crippen LogP contribution is 2.37. The highest BCUT2D eigenvalue weighted by molar-refractivity contribution is 5.89. The van der Waals surface area contributed by atoms with E-state index in [0.29, 0.717) is 12.0 Å². The van der Waals surface area contributed by atoms with Gasteiger partial charge in [0.1, 0.15) is 12.0 Å². The third kappa shape index (κ3) is 3.17. The lowest BCUT2D eigenvalue weighted by Gasteiger charge is -2.23. The number of aromatic amines is 1. The maximum Gasteiger partial charge on any atom is 0.141 e. The number of H-pyrrole nitrogens is 1. The van der Waals surface area contributed by atoms with E-state index < -0.39 is 0 Å². The van der Waals surface area contributed by atoms with Gasteiger partial charge >= 0.3 is 0 Å². The third-order valence-electron chi connectivity index (χ3n) is 5.33. The van der Waals surface area contributed by atoms with Crippen molar-refractivity contribution in [3.05, 3.63) is 31.0 Å². The van der Waals surface area contributed by atoms with E-state index in [1.807, 2.05) is 18.5 Å². The number of fused-ring (bicyclic) bond motifs is 1. The standard InChI is InChI=1S/C20H23N5/c1-2-3-4-9-18(15-7-5-6-8-15)25-13-16(12-24-25)19-17-10-11-21-20(17)23-14-22-19/h1,10-15,18H,3-9H2,(H,21,22,23). The van der Waals surface area contributed by atoms with Crippen LogP contribution in [-0.4, -0.2) is 24.7 Å². The lowest BCUT2D eigenvalue weighted by molar-refractivity contribution is 0.288. The highest BCUT2D eigenvalue weighted by Gasteiger charge is 2.27. The molecule has 25 heavy (non-hydrogen) atoms. The van der Waals surface area contributed by atoms with Crippen LogP contribution in [0.1, 0.15) is 51.0 Å². The minimum absolute atomic E-state index is 0.438. The Labute approximate surface area is 147 Å². The summed E-state index contributed by atoms with van der Waals surface area (Å²) in [6.07, 6.45) is 21.3. The Morgan fingerprint density at radius 2 is 2.20 bits per heavy atom. The van der Waals surface area contributed by atoms with Crippen molar-refractivity contribution in [2.45, 2.75) is 51.0 Å². The van der Waals surface area contributed by atoms with Crippen molar-refractivity contribution in [2.75, 3.05) is 0 Å². The summed E-state index contributed by atoms with van der Waals surface area (Å²) in [6.45, 7) is 0. The van der Waals surface area contributed by atoms with Crippen LogP contribution in [0, 0.1) is 18.3 Å². The summed E-state index contributed by atoms with van der Waals surface area (Å²) in [5.74, 6) is 3.47. The van der Waals surface area contributed by atoms with Crippen LogP contribution >= 0.6 is 0 Å². The molecule has 1 fully saturated rings. The van der Waals surface area contributed by atoms with Gasteiger partial charge in [-0.25, -0.2) is 9.97 Å². The normalized spacial score (nSPS) is 16.3. The first kappa shape index (κ1) is 15.9. The summed E-state index contributed by atoms with van der Waals surface area (Å²) in [5, 5.41) is 5.74. The second kappa shape index (κ2) is 7.10. The molecule has 1 unspecified atom stereocenters. The van der Waals surface area contributed by atoms with E-state index >= 15 is 0 Å². The van der Waals surface area contributed by atoms with E-state index in [2.05, 4.69) is 31.8 Å². The van der Waals surface area contributed by atoms with Crippen molar-refractivity contribution in [1.29, 1.82) is 0 Å². The van der Waals surface area contributed by atoms with Crippen LogP contribution in [0.2, 0.25) is 0 Å². The predicted octanol–water partition coefficient (Wildman–Crippen LogP) is 4.36. The predicted molar refractivity (Wildman–Crippen MR) is 98.8 cm³/mol. The van der Waals surface area contributed by atoms with Crippen LogP contribution in [0.15, 0.2) is 31.0 Å². The second-order valence-corrected chi connectivity index (χ2v) is 6.88. The summed E-state index contributed by atoms with van der Waals surface area (Å²) in [6, 6.07) is 2.46. The van der Waals surface area contributed by atoms with Gasteiger partial charge in [0.25, 0.3) is 0 Å². The van der Waals surface area contributed by atoms with Crippen LogP contribution in [0.5, 0.6) is 0 Å². The molecule has 5 nitrogen and oxygen atoms in total. The van der Waals surface area contributed by atoms with E-state index in [4.69, 9.17) is 11.5 Å². The van der Waals surface area contributed by atoms with E-state index in [0.717, 1.165) is 41.6 Å². The SMILES string of the molecule is C#CCCCC(C1CCCC1)n1cc(-c2ncnc3[nH]ccc23)cn1. The molecule has 0 aliphatic heterocycles. The third-order valence-corrected chi connectivity index (χ3v) is 5.33. The molecule has 4 rings (SSSR count). The van der Waals surface area contributed by atoms with Crippen molar-refractivity contribution in [3.8, 4) is 23.6 Å². The highest BCUT2D eigenvalue weighted by atomic mass is 15.3. The first-order chi connectivity index (χ1) is 12.4. The lowest BCUT2D eigenvalue weighted by Crippen LogP contribution is -2.18. The van der Waals surface area contributed by atoms with Gasteiger partial charge in [0.15, 0.2) is 0 Å². The zero-order chi connectivity index (χ0) is 17.1. The second-order valence-electron chi connectivity index (χ2n) is 6.88. The Hall–Kier alpha value is -2.61. The molecule has 0 aromatic carbocycles. The maximum absolute atomic E-state index is 5.44. The van der Waals surface area contributed by atoms with Gasteiger partial charge in [-0.15, -0.1) is 12.3 Å². The van der Waals surface area contributed by atoms with Crippen molar-refractivity contribution in [3.63, 3.8) is 0 Å². The van der Waals surface area contributed by atoms with E-state index in [-0.39, 0.29) is 0 Å². The minimum atomic E-state index is 0.438. The molecule has 5 heteroatoms. The zero-order valence-corrected chi connectivity index (χ0v) is 14.4. The maximum atomic E-state index is 5.44. The fourth-order valence-electron chi connectivity index (χ4n) is 4.08. The van der Waals surface area contributed by atoms with Crippen molar-refractivity contribution < 1.29 is 0 Å². The first-order valence-corrected chi connectivity index (χ1v) is 9.13. The van der Waals surface area contributed by atoms with Crippen molar-refractivity contribution in [1.82, 2.24) is 24.7 Å². The number of unbranched alkanes of at least 4 members (excludes halogenated alkanes) is 1. The van der Waals surface area contributed by atoms with Gasteiger partial charge in [-0.05, 0) is 37.7 Å².